The fourth-order valence-corrected chi connectivity index (χ4v) is 1.41. The van der Waals surface area contributed by atoms with Crippen LogP contribution in [0.2, 0.25) is 0 Å². The van der Waals surface area contributed by atoms with E-state index in [2.05, 4.69) is 10.0 Å². The molecule has 0 aromatic heterocycles. The molecule has 86 valence electrons. The average Bonchev–Trinajstić information content (AvgIpc) is 2.34. The second-order valence-corrected chi connectivity index (χ2v) is 3.01. The minimum atomic E-state index is -0.943. The number of hydrogen-bond acceptors (Lipinski definition) is 4. The largest absolute Gasteiger partial charge is 0.496 e. The van der Waals surface area contributed by atoms with Gasteiger partial charge >= 0.3 is 0 Å². The van der Waals surface area contributed by atoms with Crippen LogP contribution in [-0.4, -0.2) is 25.9 Å². The topological polar surface area (TPSA) is 87.5 Å². The van der Waals surface area contributed by atoms with Gasteiger partial charge in [0, 0.05) is 4.91 Å². The van der Waals surface area contributed by atoms with Crippen LogP contribution in [0.15, 0.2) is 23.3 Å². The Hall–Kier alpha value is -1.91. The summed E-state index contributed by atoms with van der Waals surface area (Å²) in [5, 5.41) is 13.2. The van der Waals surface area contributed by atoms with E-state index in [1.807, 2.05) is 0 Å². The zero-order valence-corrected chi connectivity index (χ0v) is 9.12. The van der Waals surface area contributed by atoms with Crippen molar-refractivity contribution in [1.82, 2.24) is 0 Å². The predicted octanol–water partition coefficient (Wildman–Crippen LogP) is 2.05. The van der Waals surface area contributed by atoms with Crippen molar-refractivity contribution in [2.45, 2.75) is 6.10 Å². The van der Waals surface area contributed by atoms with Crippen LogP contribution in [0.5, 0.6) is 11.5 Å². The zero-order chi connectivity index (χ0) is 12.0. The summed E-state index contributed by atoms with van der Waals surface area (Å²) in [7, 11) is 3.00. The third-order valence-electron chi connectivity index (χ3n) is 2.12. The molecular weight excluding hydrogens is 210 g/mol. The first kappa shape index (κ1) is 12.2. The molecule has 0 fully saturated rings. The lowest BCUT2D eigenvalue weighted by atomic mass is 10.1. The number of rotatable bonds is 5. The SMILES string of the molecule is COc1cccc(OC)c1[C@@H](O)CN=[N+]=[N-]. The zero-order valence-electron chi connectivity index (χ0n) is 9.12. The van der Waals surface area contributed by atoms with Gasteiger partial charge < -0.3 is 14.6 Å². The summed E-state index contributed by atoms with van der Waals surface area (Å²) in [6.07, 6.45) is -0.943. The van der Waals surface area contributed by atoms with Gasteiger partial charge in [-0.15, -0.1) is 0 Å². The molecule has 6 heteroatoms. The third kappa shape index (κ3) is 2.56. The summed E-state index contributed by atoms with van der Waals surface area (Å²) in [6, 6.07) is 5.16. The highest BCUT2D eigenvalue weighted by molar-refractivity contribution is 5.46. The molecule has 0 bridgehead atoms. The molecule has 0 radical (unpaired) electrons. The smallest absolute Gasteiger partial charge is 0.128 e. The number of aliphatic hydroxyl groups is 1. The van der Waals surface area contributed by atoms with Crippen molar-refractivity contribution in [3.05, 3.63) is 34.2 Å². The highest BCUT2D eigenvalue weighted by Gasteiger charge is 2.17. The summed E-state index contributed by atoms with van der Waals surface area (Å²) in [4.78, 5) is 2.60. The molecule has 1 aromatic rings. The van der Waals surface area contributed by atoms with Crippen LogP contribution in [0.25, 0.3) is 10.4 Å². The van der Waals surface area contributed by atoms with Crippen LogP contribution >= 0.6 is 0 Å². The average molecular weight is 223 g/mol. The molecule has 0 heterocycles. The maximum atomic E-state index is 9.85. The highest BCUT2D eigenvalue weighted by Crippen LogP contribution is 2.33. The molecule has 0 unspecified atom stereocenters. The predicted molar refractivity (Wildman–Crippen MR) is 58.5 cm³/mol. The van der Waals surface area contributed by atoms with Crippen LogP contribution in [0.4, 0.5) is 0 Å². The van der Waals surface area contributed by atoms with E-state index in [0.29, 0.717) is 17.1 Å². The molecule has 1 N–H and O–H groups in total. The first-order valence-corrected chi connectivity index (χ1v) is 4.64. The van der Waals surface area contributed by atoms with Gasteiger partial charge in [-0.2, -0.15) is 0 Å². The van der Waals surface area contributed by atoms with Crippen molar-refractivity contribution in [1.29, 1.82) is 0 Å². The van der Waals surface area contributed by atoms with Crippen molar-refractivity contribution in [2.24, 2.45) is 5.11 Å². The van der Waals surface area contributed by atoms with Crippen LogP contribution in [0.1, 0.15) is 11.7 Å². The summed E-state index contributed by atoms with van der Waals surface area (Å²) in [6.45, 7) is -0.0623. The monoisotopic (exact) mass is 223 g/mol. The Morgan fingerprint density at radius 1 is 1.38 bits per heavy atom. The molecule has 6 nitrogen and oxygen atoms in total. The second kappa shape index (κ2) is 5.85. The number of nitrogens with zero attached hydrogens (tertiary/aromatic N) is 3. The van der Waals surface area contributed by atoms with Gasteiger partial charge in [-0.3, -0.25) is 0 Å². The van der Waals surface area contributed by atoms with Crippen LogP contribution in [-0.2, 0) is 0 Å². The van der Waals surface area contributed by atoms with E-state index in [1.165, 1.54) is 14.2 Å². The molecule has 1 rings (SSSR count). The van der Waals surface area contributed by atoms with Crippen LogP contribution in [0, 0.1) is 0 Å². The molecule has 1 atom stereocenters. The van der Waals surface area contributed by atoms with Crippen molar-refractivity contribution < 1.29 is 14.6 Å². The van der Waals surface area contributed by atoms with Gasteiger partial charge in [0.05, 0.1) is 32.4 Å². The first-order chi connectivity index (χ1) is 7.74. The van der Waals surface area contributed by atoms with Gasteiger partial charge in [-0.25, -0.2) is 0 Å². The van der Waals surface area contributed by atoms with Gasteiger partial charge in [0.2, 0.25) is 0 Å². The van der Waals surface area contributed by atoms with Crippen molar-refractivity contribution >= 4 is 0 Å². The molecule has 0 aliphatic carbocycles. The Balaban J connectivity index is 3.11. The molecular formula is C10H13N3O3. The van der Waals surface area contributed by atoms with Crippen molar-refractivity contribution in [3.63, 3.8) is 0 Å². The van der Waals surface area contributed by atoms with E-state index < -0.39 is 6.10 Å². The lowest BCUT2D eigenvalue weighted by Gasteiger charge is -2.16. The van der Waals surface area contributed by atoms with E-state index in [1.54, 1.807) is 18.2 Å². The minimum absolute atomic E-state index is 0.0623. The van der Waals surface area contributed by atoms with E-state index >= 15 is 0 Å². The molecule has 0 saturated heterocycles. The fourth-order valence-electron chi connectivity index (χ4n) is 1.41. The van der Waals surface area contributed by atoms with Crippen LogP contribution in [0.3, 0.4) is 0 Å². The fraction of sp³-hybridized carbons (Fsp3) is 0.400. The molecule has 1 aromatic carbocycles. The standard InChI is InChI=1S/C10H13N3O3/c1-15-8-4-3-5-9(16-2)10(8)7(14)6-12-13-11/h3-5,7,14H,6H2,1-2H3/t7-/m0/s1. The Morgan fingerprint density at radius 2 is 1.94 bits per heavy atom. The van der Waals surface area contributed by atoms with E-state index in [9.17, 15) is 5.11 Å². The number of ether oxygens (including phenoxy) is 2. The number of aliphatic hydroxyl groups excluding tert-OH is 1. The van der Waals surface area contributed by atoms with Gasteiger partial charge in [-0.1, -0.05) is 11.2 Å². The van der Waals surface area contributed by atoms with Gasteiger partial charge in [0.15, 0.2) is 0 Å². The minimum Gasteiger partial charge on any atom is -0.496 e. The maximum Gasteiger partial charge on any atom is 0.128 e. The lowest BCUT2D eigenvalue weighted by Crippen LogP contribution is -2.06. The lowest BCUT2D eigenvalue weighted by molar-refractivity contribution is 0.177. The van der Waals surface area contributed by atoms with Gasteiger partial charge in [-0.05, 0) is 17.7 Å². The maximum absolute atomic E-state index is 9.85. The Kier molecular flexibility index (Phi) is 4.44. The van der Waals surface area contributed by atoms with Crippen LogP contribution < -0.4 is 9.47 Å². The molecule has 0 spiro atoms. The molecule has 16 heavy (non-hydrogen) atoms. The molecule has 0 amide bonds. The van der Waals surface area contributed by atoms with Gasteiger partial charge in [0.1, 0.15) is 11.5 Å². The van der Waals surface area contributed by atoms with Crippen molar-refractivity contribution in [3.8, 4) is 11.5 Å². The summed E-state index contributed by atoms with van der Waals surface area (Å²) >= 11 is 0. The van der Waals surface area contributed by atoms with Gasteiger partial charge in [0.25, 0.3) is 0 Å². The van der Waals surface area contributed by atoms with E-state index in [0.717, 1.165) is 0 Å². The molecule has 0 aliphatic rings. The molecule has 0 saturated carbocycles. The molecule has 0 aliphatic heterocycles. The van der Waals surface area contributed by atoms with E-state index in [4.69, 9.17) is 15.0 Å². The Labute approximate surface area is 93.0 Å². The first-order valence-electron chi connectivity index (χ1n) is 4.64. The third-order valence-corrected chi connectivity index (χ3v) is 2.12. The highest BCUT2D eigenvalue weighted by atomic mass is 16.5. The number of hydrogen-bond donors (Lipinski definition) is 1. The quantitative estimate of drug-likeness (QED) is 0.470. The normalized spacial score (nSPS) is 11.4. The summed E-state index contributed by atoms with van der Waals surface area (Å²) in [5.74, 6) is 1.000. The summed E-state index contributed by atoms with van der Waals surface area (Å²) in [5.41, 5.74) is 8.69. The number of benzene rings is 1. The van der Waals surface area contributed by atoms with E-state index in [-0.39, 0.29) is 6.54 Å². The van der Waals surface area contributed by atoms with Crippen molar-refractivity contribution in [2.75, 3.05) is 20.8 Å². The summed E-state index contributed by atoms with van der Waals surface area (Å²) < 4.78 is 10.2. The number of methoxy groups -OCH3 is 2. The second-order valence-electron chi connectivity index (χ2n) is 3.01. The number of azide groups is 1. The Bertz CT molecular complexity index is 380. The Morgan fingerprint density at radius 3 is 2.38 bits per heavy atom.